The van der Waals surface area contributed by atoms with Crippen molar-refractivity contribution in [3.05, 3.63) is 34.2 Å². The van der Waals surface area contributed by atoms with Crippen LogP contribution in [0.3, 0.4) is 0 Å². The summed E-state index contributed by atoms with van der Waals surface area (Å²) in [4.78, 5) is 24.9. The molecular formula is C11H14N2O3. The van der Waals surface area contributed by atoms with Crippen LogP contribution in [-0.2, 0) is 0 Å². The van der Waals surface area contributed by atoms with E-state index in [1.807, 2.05) is 0 Å². The van der Waals surface area contributed by atoms with Gasteiger partial charge >= 0.3 is 0 Å². The topological polar surface area (TPSA) is 82.2 Å². The Kier molecular flexibility index (Phi) is 2.78. The van der Waals surface area contributed by atoms with E-state index in [2.05, 4.69) is 10.3 Å². The van der Waals surface area contributed by atoms with Crippen molar-refractivity contribution < 1.29 is 9.90 Å². The van der Waals surface area contributed by atoms with Gasteiger partial charge in [-0.25, -0.2) is 0 Å². The van der Waals surface area contributed by atoms with Crippen LogP contribution in [0.4, 0.5) is 0 Å². The van der Waals surface area contributed by atoms with Crippen LogP contribution in [0.15, 0.2) is 23.1 Å². The molecule has 5 nitrogen and oxygen atoms in total. The number of carbonyl (C=O) groups excluding carboxylic acids is 1. The molecule has 1 aliphatic carbocycles. The predicted molar refractivity (Wildman–Crippen MR) is 58.1 cm³/mol. The molecule has 3 N–H and O–H groups in total. The van der Waals surface area contributed by atoms with Crippen LogP contribution in [0.25, 0.3) is 0 Å². The van der Waals surface area contributed by atoms with Crippen molar-refractivity contribution in [3.63, 3.8) is 0 Å². The monoisotopic (exact) mass is 222 g/mol. The van der Waals surface area contributed by atoms with Crippen LogP contribution in [0.5, 0.6) is 0 Å². The number of H-pyrrole nitrogens is 1. The second-order valence-electron chi connectivity index (χ2n) is 4.28. The van der Waals surface area contributed by atoms with Gasteiger partial charge in [0.15, 0.2) is 0 Å². The van der Waals surface area contributed by atoms with Gasteiger partial charge < -0.3 is 15.4 Å². The van der Waals surface area contributed by atoms with Gasteiger partial charge in [-0.2, -0.15) is 0 Å². The summed E-state index contributed by atoms with van der Waals surface area (Å²) in [5, 5.41) is 11.8. The number of aliphatic hydroxyl groups excluding tert-OH is 1. The Morgan fingerprint density at radius 3 is 2.75 bits per heavy atom. The molecule has 0 bridgehead atoms. The molecular weight excluding hydrogens is 208 g/mol. The fourth-order valence-corrected chi connectivity index (χ4v) is 1.49. The molecule has 0 saturated heterocycles. The maximum atomic E-state index is 11.6. The Balaban J connectivity index is 1.93. The van der Waals surface area contributed by atoms with Crippen molar-refractivity contribution in [2.45, 2.75) is 12.8 Å². The zero-order chi connectivity index (χ0) is 11.6. The molecule has 0 spiro atoms. The molecule has 1 heterocycles. The minimum Gasteiger partial charge on any atom is -0.396 e. The molecule has 0 radical (unpaired) electrons. The average Bonchev–Trinajstić information content (AvgIpc) is 3.08. The molecule has 1 aliphatic rings. The fourth-order valence-electron chi connectivity index (χ4n) is 1.49. The van der Waals surface area contributed by atoms with Crippen molar-refractivity contribution in [1.82, 2.24) is 10.3 Å². The number of rotatable bonds is 4. The van der Waals surface area contributed by atoms with E-state index in [9.17, 15) is 9.59 Å². The Hall–Kier alpha value is -1.62. The summed E-state index contributed by atoms with van der Waals surface area (Å²) in [5.74, 6) is -0.226. The summed E-state index contributed by atoms with van der Waals surface area (Å²) in [7, 11) is 0. The van der Waals surface area contributed by atoms with Crippen LogP contribution in [0.1, 0.15) is 23.2 Å². The molecule has 0 atom stereocenters. The van der Waals surface area contributed by atoms with E-state index < -0.39 is 0 Å². The summed E-state index contributed by atoms with van der Waals surface area (Å²) in [6, 6.07) is 2.79. The first-order valence-corrected chi connectivity index (χ1v) is 5.23. The number of aliphatic hydroxyl groups is 1. The Labute approximate surface area is 92.5 Å². The molecule has 0 unspecified atom stereocenters. The summed E-state index contributed by atoms with van der Waals surface area (Å²) < 4.78 is 0. The largest absolute Gasteiger partial charge is 0.396 e. The highest BCUT2D eigenvalue weighted by atomic mass is 16.3. The lowest BCUT2D eigenvalue weighted by Crippen LogP contribution is -2.32. The van der Waals surface area contributed by atoms with Crippen LogP contribution < -0.4 is 10.9 Å². The second-order valence-corrected chi connectivity index (χ2v) is 4.28. The summed E-state index contributed by atoms with van der Waals surface area (Å²) in [5.41, 5.74) is 0.0941. The van der Waals surface area contributed by atoms with E-state index in [-0.39, 0.29) is 23.5 Å². The normalized spacial score (nSPS) is 16.8. The number of amides is 1. The smallest absolute Gasteiger partial charge is 0.252 e. The maximum absolute atomic E-state index is 11.6. The van der Waals surface area contributed by atoms with Gasteiger partial charge in [0.1, 0.15) is 0 Å². The number of carbonyl (C=O) groups is 1. The standard InChI is InChI=1S/C11H14N2O3/c14-7-11(3-4-11)6-13-10(16)8-1-2-9(15)12-5-8/h1-2,5,14H,3-4,6-7H2,(H,12,15)(H,13,16). The lowest BCUT2D eigenvalue weighted by molar-refractivity contribution is 0.0935. The first-order chi connectivity index (χ1) is 7.65. The average molecular weight is 222 g/mol. The van der Waals surface area contributed by atoms with Crippen LogP contribution in [0, 0.1) is 5.41 Å². The second kappa shape index (κ2) is 4.09. The molecule has 2 rings (SSSR count). The molecule has 1 amide bonds. The van der Waals surface area contributed by atoms with Gasteiger partial charge in [-0.3, -0.25) is 9.59 Å². The van der Waals surface area contributed by atoms with E-state index in [1.54, 1.807) is 0 Å². The van der Waals surface area contributed by atoms with E-state index in [0.717, 1.165) is 12.8 Å². The summed E-state index contributed by atoms with van der Waals surface area (Å²) in [6.07, 6.45) is 3.29. The third-order valence-corrected chi connectivity index (χ3v) is 2.96. The number of nitrogens with one attached hydrogen (secondary N) is 2. The number of hydrogen-bond acceptors (Lipinski definition) is 3. The summed E-state index contributed by atoms with van der Waals surface area (Å²) >= 11 is 0. The number of aromatic amines is 1. The first kappa shape index (κ1) is 10.9. The zero-order valence-electron chi connectivity index (χ0n) is 8.82. The van der Waals surface area contributed by atoms with Crippen molar-refractivity contribution in [2.24, 2.45) is 5.41 Å². The molecule has 0 aliphatic heterocycles. The lowest BCUT2D eigenvalue weighted by atomic mass is 10.1. The van der Waals surface area contributed by atoms with Crippen LogP contribution >= 0.6 is 0 Å². The highest BCUT2D eigenvalue weighted by Crippen LogP contribution is 2.44. The van der Waals surface area contributed by atoms with Crippen molar-refractivity contribution in [2.75, 3.05) is 13.2 Å². The van der Waals surface area contributed by atoms with Gasteiger partial charge in [-0.1, -0.05) is 0 Å². The van der Waals surface area contributed by atoms with E-state index >= 15 is 0 Å². The molecule has 16 heavy (non-hydrogen) atoms. The number of hydrogen-bond donors (Lipinski definition) is 3. The Morgan fingerprint density at radius 1 is 1.50 bits per heavy atom. The molecule has 1 aromatic heterocycles. The Bertz CT molecular complexity index is 428. The highest BCUT2D eigenvalue weighted by molar-refractivity contribution is 5.93. The third kappa shape index (κ3) is 2.30. The summed E-state index contributed by atoms with van der Waals surface area (Å²) in [6.45, 7) is 0.598. The van der Waals surface area contributed by atoms with E-state index in [1.165, 1.54) is 18.3 Å². The van der Waals surface area contributed by atoms with E-state index in [4.69, 9.17) is 5.11 Å². The number of pyridine rings is 1. The highest BCUT2D eigenvalue weighted by Gasteiger charge is 2.42. The minimum atomic E-state index is -0.231. The predicted octanol–water partition coefficient (Wildman–Crippen LogP) is -0.123. The van der Waals surface area contributed by atoms with Crippen molar-refractivity contribution in [3.8, 4) is 0 Å². The molecule has 1 fully saturated rings. The zero-order valence-corrected chi connectivity index (χ0v) is 8.82. The first-order valence-electron chi connectivity index (χ1n) is 5.23. The van der Waals surface area contributed by atoms with E-state index in [0.29, 0.717) is 12.1 Å². The minimum absolute atomic E-state index is 0.0994. The molecule has 86 valence electrons. The Morgan fingerprint density at radius 2 is 2.25 bits per heavy atom. The van der Waals surface area contributed by atoms with Gasteiger partial charge in [0, 0.05) is 24.2 Å². The van der Waals surface area contributed by atoms with Crippen LogP contribution in [-0.4, -0.2) is 29.1 Å². The van der Waals surface area contributed by atoms with Crippen LogP contribution in [0.2, 0.25) is 0 Å². The molecule has 1 aromatic rings. The third-order valence-electron chi connectivity index (χ3n) is 2.96. The lowest BCUT2D eigenvalue weighted by Gasteiger charge is -2.12. The van der Waals surface area contributed by atoms with Gasteiger partial charge in [0.05, 0.1) is 12.2 Å². The molecule has 1 saturated carbocycles. The van der Waals surface area contributed by atoms with Gasteiger partial charge in [-0.15, -0.1) is 0 Å². The maximum Gasteiger partial charge on any atom is 0.252 e. The fraction of sp³-hybridized carbons (Fsp3) is 0.455. The SMILES string of the molecule is O=C(NCC1(CO)CC1)c1ccc(=O)[nH]c1. The van der Waals surface area contributed by atoms with Gasteiger partial charge in [-0.05, 0) is 18.9 Å². The van der Waals surface area contributed by atoms with Crippen molar-refractivity contribution in [1.29, 1.82) is 0 Å². The molecule has 5 heteroatoms. The molecule has 0 aromatic carbocycles. The van der Waals surface area contributed by atoms with Crippen molar-refractivity contribution >= 4 is 5.91 Å². The quantitative estimate of drug-likeness (QED) is 0.664. The van der Waals surface area contributed by atoms with Gasteiger partial charge in [0.25, 0.3) is 5.91 Å². The number of aromatic nitrogens is 1. The van der Waals surface area contributed by atoms with Gasteiger partial charge in [0.2, 0.25) is 5.56 Å².